The van der Waals surface area contributed by atoms with E-state index < -0.39 is 0 Å². The molecule has 100 valence electrons. The topological polar surface area (TPSA) is 38.3 Å². The molecule has 1 heterocycles. The van der Waals surface area contributed by atoms with E-state index in [1.165, 1.54) is 11.3 Å². The number of halogens is 1. The predicted molar refractivity (Wildman–Crippen MR) is 80.9 cm³/mol. The highest BCUT2D eigenvalue weighted by Gasteiger charge is 2.06. The Morgan fingerprint density at radius 2 is 2.11 bits per heavy atom. The van der Waals surface area contributed by atoms with Crippen LogP contribution in [-0.2, 0) is 0 Å². The lowest BCUT2D eigenvalue weighted by Crippen LogP contribution is -2.25. The van der Waals surface area contributed by atoms with Crippen LogP contribution in [0.25, 0.3) is 0 Å². The van der Waals surface area contributed by atoms with E-state index >= 15 is 0 Å². The number of carbonyl (C=O) groups excluding carboxylic acids is 1. The van der Waals surface area contributed by atoms with E-state index in [4.69, 9.17) is 4.74 Å². The fraction of sp³-hybridized carbons (Fsp3) is 0.214. The van der Waals surface area contributed by atoms with Crippen LogP contribution in [0.3, 0.4) is 0 Å². The first-order valence-corrected chi connectivity index (χ1v) is 7.63. The number of carbonyl (C=O) groups is 1. The highest BCUT2D eigenvalue weighted by molar-refractivity contribution is 9.11. The van der Waals surface area contributed by atoms with Gasteiger partial charge in [0.25, 0.3) is 5.91 Å². The van der Waals surface area contributed by atoms with E-state index in [0.29, 0.717) is 18.7 Å². The van der Waals surface area contributed by atoms with Crippen molar-refractivity contribution >= 4 is 33.2 Å². The lowest BCUT2D eigenvalue weighted by molar-refractivity contribution is 0.0952. The van der Waals surface area contributed by atoms with Crippen LogP contribution in [-0.4, -0.2) is 19.1 Å². The Balaban J connectivity index is 1.63. The number of thiophene rings is 1. The molecule has 0 spiro atoms. The molecule has 3 nitrogen and oxygen atoms in total. The summed E-state index contributed by atoms with van der Waals surface area (Å²) >= 11 is 4.84. The van der Waals surface area contributed by atoms with Crippen molar-refractivity contribution in [3.05, 3.63) is 51.1 Å². The van der Waals surface area contributed by atoms with Gasteiger partial charge in [-0.3, -0.25) is 4.79 Å². The van der Waals surface area contributed by atoms with Crippen LogP contribution in [0.1, 0.15) is 16.8 Å². The minimum atomic E-state index is -0.0401. The minimum absolute atomic E-state index is 0.0401. The molecule has 1 aromatic heterocycles. The molecule has 0 radical (unpaired) electrons. The first kappa shape index (κ1) is 14.1. The van der Waals surface area contributed by atoms with Crippen molar-refractivity contribution < 1.29 is 9.53 Å². The van der Waals surface area contributed by atoms with Crippen molar-refractivity contribution in [2.45, 2.75) is 6.42 Å². The van der Waals surface area contributed by atoms with Gasteiger partial charge >= 0.3 is 0 Å². The van der Waals surface area contributed by atoms with Crippen LogP contribution < -0.4 is 10.1 Å². The molecule has 0 aliphatic heterocycles. The van der Waals surface area contributed by atoms with Gasteiger partial charge in [-0.05, 0) is 40.5 Å². The summed E-state index contributed by atoms with van der Waals surface area (Å²) in [4.78, 5) is 11.7. The number of para-hydroxylation sites is 1. The van der Waals surface area contributed by atoms with Gasteiger partial charge in [0.15, 0.2) is 0 Å². The summed E-state index contributed by atoms with van der Waals surface area (Å²) in [6, 6.07) is 11.5. The summed E-state index contributed by atoms with van der Waals surface area (Å²) in [5, 5.41) is 4.70. The molecule has 0 saturated heterocycles. The van der Waals surface area contributed by atoms with E-state index in [2.05, 4.69) is 21.2 Å². The molecule has 2 rings (SSSR count). The second-order valence-corrected chi connectivity index (χ2v) is 6.20. The Hall–Kier alpha value is -1.33. The Kier molecular flexibility index (Phi) is 5.42. The largest absolute Gasteiger partial charge is 0.494 e. The first-order chi connectivity index (χ1) is 9.25. The fourth-order valence-electron chi connectivity index (χ4n) is 1.51. The van der Waals surface area contributed by atoms with Gasteiger partial charge < -0.3 is 10.1 Å². The number of hydrogen-bond donors (Lipinski definition) is 1. The molecule has 0 aliphatic carbocycles. The fourth-order valence-corrected chi connectivity index (χ4v) is 2.65. The van der Waals surface area contributed by atoms with Crippen molar-refractivity contribution in [3.63, 3.8) is 0 Å². The summed E-state index contributed by atoms with van der Waals surface area (Å²) in [5.41, 5.74) is 0.695. The highest BCUT2D eigenvalue weighted by atomic mass is 79.9. The third-order valence-corrected chi connectivity index (χ3v) is 3.95. The number of nitrogens with one attached hydrogen (secondary N) is 1. The van der Waals surface area contributed by atoms with Gasteiger partial charge in [0.1, 0.15) is 5.75 Å². The number of benzene rings is 1. The normalized spacial score (nSPS) is 10.2. The van der Waals surface area contributed by atoms with Crippen LogP contribution in [0.4, 0.5) is 0 Å². The standard InChI is InChI=1S/C14H14BrNO2S/c15-13-9-11(10-19-13)14(17)16-7-4-8-18-12-5-2-1-3-6-12/h1-3,5-6,9-10H,4,7-8H2,(H,16,17). The van der Waals surface area contributed by atoms with Gasteiger partial charge in [-0.15, -0.1) is 11.3 Å². The molecule has 0 aliphatic rings. The molecule has 5 heteroatoms. The summed E-state index contributed by atoms with van der Waals surface area (Å²) < 4.78 is 6.50. The Morgan fingerprint density at radius 1 is 1.32 bits per heavy atom. The predicted octanol–water partition coefficient (Wildman–Crippen LogP) is 3.71. The second-order valence-electron chi connectivity index (χ2n) is 3.91. The van der Waals surface area contributed by atoms with E-state index in [1.807, 2.05) is 41.8 Å². The number of amides is 1. The van der Waals surface area contributed by atoms with Crippen LogP contribution in [0.2, 0.25) is 0 Å². The molecule has 2 aromatic rings. The summed E-state index contributed by atoms with van der Waals surface area (Å²) in [7, 11) is 0. The summed E-state index contributed by atoms with van der Waals surface area (Å²) in [6.45, 7) is 1.21. The average molecular weight is 340 g/mol. The molecule has 1 N–H and O–H groups in total. The molecule has 0 unspecified atom stereocenters. The summed E-state index contributed by atoms with van der Waals surface area (Å²) in [6.07, 6.45) is 0.784. The first-order valence-electron chi connectivity index (χ1n) is 5.96. The lowest BCUT2D eigenvalue weighted by Gasteiger charge is -2.06. The quantitative estimate of drug-likeness (QED) is 0.814. The molecule has 1 amide bonds. The van der Waals surface area contributed by atoms with Gasteiger partial charge in [0.2, 0.25) is 0 Å². The van der Waals surface area contributed by atoms with Crippen LogP contribution >= 0.6 is 27.3 Å². The third-order valence-electron chi connectivity index (χ3n) is 2.45. The lowest BCUT2D eigenvalue weighted by atomic mass is 10.3. The van der Waals surface area contributed by atoms with Crippen LogP contribution in [0, 0.1) is 0 Å². The molecule has 0 saturated carbocycles. The molecular weight excluding hydrogens is 326 g/mol. The van der Waals surface area contributed by atoms with Crippen molar-refractivity contribution in [1.82, 2.24) is 5.32 Å². The van der Waals surface area contributed by atoms with Crippen molar-refractivity contribution in [2.75, 3.05) is 13.2 Å². The van der Waals surface area contributed by atoms with Gasteiger partial charge in [0.05, 0.1) is 16.0 Å². The zero-order valence-electron chi connectivity index (χ0n) is 10.3. The average Bonchev–Trinajstić information content (AvgIpc) is 2.86. The number of hydrogen-bond acceptors (Lipinski definition) is 3. The monoisotopic (exact) mass is 339 g/mol. The van der Waals surface area contributed by atoms with Gasteiger partial charge in [-0.25, -0.2) is 0 Å². The van der Waals surface area contributed by atoms with E-state index in [0.717, 1.165) is 16.0 Å². The Labute approximate surface area is 124 Å². The van der Waals surface area contributed by atoms with E-state index in [1.54, 1.807) is 0 Å². The van der Waals surface area contributed by atoms with Crippen LogP contribution in [0.5, 0.6) is 5.75 Å². The summed E-state index contributed by atoms with van der Waals surface area (Å²) in [5.74, 6) is 0.817. The Morgan fingerprint density at radius 3 is 2.79 bits per heavy atom. The maximum absolute atomic E-state index is 11.7. The van der Waals surface area contributed by atoms with Gasteiger partial charge in [-0.2, -0.15) is 0 Å². The second kappa shape index (κ2) is 7.31. The SMILES string of the molecule is O=C(NCCCOc1ccccc1)c1csc(Br)c1. The maximum Gasteiger partial charge on any atom is 0.252 e. The number of rotatable bonds is 6. The van der Waals surface area contributed by atoms with E-state index in [-0.39, 0.29) is 5.91 Å². The molecule has 19 heavy (non-hydrogen) atoms. The zero-order valence-corrected chi connectivity index (χ0v) is 12.7. The zero-order chi connectivity index (χ0) is 13.5. The minimum Gasteiger partial charge on any atom is -0.494 e. The molecule has 1 aromatic carbocycles. The van der Waals surface area contributed by atoms with Crippen LogP contribution in [0.15, 0.2) is 45.6 Å². The van der Waals surface area contributed by atoms with Gasteiger partial charge in [0, 0.05) is 11.9 Å². The van der Waals surface area contributed by atoms with Crippen molar-refractivity contribution in [1.29, 1.82) is 0 Å². The molecule has 0 atom stereocenters. The third kappa shape index (κ3) is 4.69. The molecular formula is C14H14BrNO2S. The van der Waals surface area contributed by atoms with Crippen molar-refractivity contribution in [2.24, 2.45) is 0 Å². The van der Waals surface area contributed by atoms with Gasteiger partial charge in [-0.1, -0.05) is 18.2 Å². The maximum atomic E-state index is 11.7. The molecule has 0 bridgehead atoms. The van der Waals surface area contributed by atoms with E-state index in [9.17, 15) is 4.79 Å². The number of ether oxygens (including phenoxy) is 1. The highest BCUT2D eigenvalue weighted by Crippen LogP contribution is 2.20. The smallest absolute Gasteiger partial charge is 0.252 e. The molecule has 0 fully saturated rings. The Bertz CT molecular complexity index is 527. The van der Waals surface area contributed by atoms with Crippen molar-refractivity contribution in [3.8, 4) is 5.75 Å².